The van der Waals surface area contributed by atoms with Gasteiger partial charge in [-0.3, -0.25) is 9.59 Å². The second kappa shape index (κ2) is 6.04. The average Bonchev–Trinajstić information content (AvgIpc) is 2.79. The molecule has 0 aliphatic carbocycles. The van der Waals surface area contributed by atoms with Crippen LogP contribution < -0.4 is 15.2 Å². The molecule has 108 valence electrons. The zero-order valence-electron chi connectivity index (χ0n) is 11.3. The molecule has 1 aliphatic heterocycles. The van der Waals surface area contributed by atoms with E-state index in [0.717, 1.165) is 5.56 Å². The van der Waals surface area contributed by atoms with Gasteiger partial charge in [-0.05, 0) is 18.2 Å². The number of nitrogens with two attached hydrogens (primary N) is 1. The smallest absolute Gasteiger partial charge is 0.237 e. The number of hydrogen-bond acceptors (Lipinski definition) is 5. The van der Waals surface area contributed by atoms with Crippen molar-refractivity contribution in [3.05, 3.63) is 23.8 Å². The monoisotopic (exact) mass is 296 g/mol. The first kappa shape index (κ1) is 14.5. The van der Waals surface area contributed by atoms with Crippen molar-refractivity contribution in [2.45, 2.75) is 5.37 Å². The second-order valence-corrected chi connectivity index (χ2v) is 5.33. The number of rotatable bonds is 5. The molecule has 1 fully saturated rings. The molecule has 0 aromatic heterocycles. The summed E-state index contributed by atoms with van der Waals surface area (Å²) in [4.78, 5) is 24.5. The van der Waals surface area contributed by atoms with Gasteiger partial charge in [0.05, 0.1) is 20.0 Å². The highest BCUT2D eigenvalue weighted by Gasteiger charge is 2.35. The molecule has 0 saturated carbocycles. The summed E-state index contributed by atoms with van der Waals surface area (Å²) >= 11 is 1.44. The third kappa shape index (κ3) is 2.82. The molecule has 1 saturated heterocycles. The molecule has 0 radical (unpaired) electrons. The highest BCUT2D eigenvalue weighted by atomic mass is 32.2. The summed E-state index contributed by atoms with van der Waals surface area (Å²) in [6.07, 6.45) is 0. The Kier molecular flexibility index (Phi) is 4.39. The SMILES string of the molecule is COc1ccc(OC)c([C@@H]2SCC(=O)N2CC(N)=O)c1. The van der Waals surface area contributed by atoms with E-state index >= 15 is 0 Å². The van der Waals surface area contributed by atoms with Gasteiger partial charge >= 0.3 is 0 Å². The maximum absolute atomic E-state index is 11.9. The molecule has 2 N–H and O–H groups in total. The predicted molar refractivity (Wildman–Crippen MR) is 75.7 cm³/mol. The number of amides is 2. The van der Waals surface area contributed by atoms with Gasteiger partial charge in [-0.1, -0.05) is 0 Å². The summed E-state index contributed by atoms with van der Waals surface area (Å²) in [5, 5.41) is -0.292. The Hall–Kier alpha value is -1.89. The Bertz CT molecular complexity index is 535. The fourth-order valence-corrected chi connectivity index (χ4v) is 3.29. The Morgan fingerprint density at radius 1 is 1.45 bits per heavy atom. The molecule has 6 nitrogen and oxygen atoms in total. The topological polar surface area (TPSA) is 81.9 Å². The second-order valence-electron chi connectivity index (χ2n) is 4.26. The first-order chi connectivity index (χ1) is 9.56. The maximum Gasteiger partial charge on any atom is 0.237 e. The number of carbonyl (C=O) groups excluding carboxylic acids is 2. The van der Waals surface area contributed by atoms with Crippen molar-refractivity contribution in [2.24, 2.45) is 5.73 Å². The van der Waals surface area contributed by atoms with Crippen molar-refractivity contribution in [1.82, 2.24) is 4.90 Å². The largest absolute Gasteiger partial charge is 0.497 e. The van der Waals surface area contributed by atoms with Crippen LogP contribution in [0.5, 0.6) is 11.5 Å². The van der Waals surface area contributed by atoms with Gasteiger partial charge in [0.25, 0.3) is 0 Å². The van der Waals surface area contributed by atoms with Crippen LogP contribution in [-0.2, 0) is 9.59 Å². The normalized spacial score (nSPS) is 18.2. The first-order valence-electron chi connectivity index (χ1n) is 5.98. The minimum atomic E-state index is -0.535. The van der Waals surface area contributed by atoms with Crippen LogP contribution in [0.4, 0.5) is 0 Å². The van der Waals surface area contributed by atoms with Crippen LogP contribution in [0.2, 0.25) is 0 Å². The van der Waals surface area contributed by atoms with Crippen molar-refractivity contribution >= 4 is 23.6 Å². The summed E-state index contributed by atoms with van der Waals surface area (Å²) < 4.78 is 10.5. The summed E-state index contributed by atoms with van der Waals surface area (Å²) in [6.45, 7) is -0.100. The highest BCUT2D eigenvalue weighted by molar-refractivity contribution is 8.00. The van der Waals surface area contributed by atoms with Crippen LogP contribution in [0.25, 0.3) is 0 Å². The van der Waals surface area contributed by atoms with Gasteiger partial charge in [0.15, 0.2) is 0 Å². The molecule has 1 aromatic rings. The molecular formula is C13H16N2O4S. The molecule has 0 bridgehead atoms. The molecule has 2 rings (SSSR count). The van der Waals surface area contributed by atoms with E-state index in [2.05, 4.69) is 0 Å². The summed E-state index contributed by atoms with van der Waals surface area (Å²) in [5.74, 6) is 0.988. The zero-order chi connectivity index (χ0) is 14.7. The van der Waals surface area contributed by atoms with Crippen LogP contribution in [-0.4, -0.2) is 43.2 Å². The quantitative estimate of drug-likeness (QED) is 0.867. The van der Waals surface area contributed by atoms with Crippen molar-refractivity contribution in [2.75, 3.05) is 26.5 Å². The van der Waals surface area contributed by atoms with Gasteiger partial charge in [0.2, 0.25) is 11.8 Å². The minimum absolute atomic E-state index is 0.100. The summed E-state index contributed by atoms with van der Waals surface area (Å²) in [5.41, 5.74) is 6.00. The van der Waals surface area contributed by atoms with Gasteiger partial charge in [0.1, 0.15) is 23.4 Å². The van der Waals surface area contributed by atoms with Crippen molar-refractivity contribution in [3.8, 4) is 11.5 Å². The molecule has 0 spiro atoms. The third-order valence-corrected chi connectivity index (χ3v) is 4.23. The third-order valence-electron chi connectivity index (χ3n) is 3.00. The van der Waals surface area contributed by atoms with Crippen molar-refractivity contribution < 1.29 is 19.1 Å². The van der Waals surface area contributed by atoms with Gasteiger partial charge in [0, 0.05) is 5.56 Å². The van der Waals surface area contributed by atoms with E-state index in [9.17, 15) is 9.59 Å². The van der Waals surface area contributed by atoms with E-state index < -0.39 is 5.91 Å². The fraction of sp³-hybridized carbons (Fsp3) is 0.385. The molecule has 1 aliphatic rings. The van der Waals surface area contributed by atoms with Gasteiger partial charge < -0.3 is 20.1 Å². The number of methoxy groups -OCH3 is 2. The van der Waals surface area contributed by atoms with E-state index in [1.54, 1.807) is 26.4 Å². The van der Waals surface area contributed by atoms with Crippen LogP contribution in [0.3, 0.4) is 0 Å². The lowest BCUT2D eigenvalue weighted by Crippen LogP contribution is -2.36. The lowest BCUT2D eigenvalue weighted by Gasteiger charge is -2.24. The molecule has 1 heterocycles. The van der Waals surface area contributed by atoms with Gasteiger partial charge in [-0.15, -0.1) is 11.8 Å². The van der Waals surface area contributed by atoms with Crippen LogP contribution in [0, 0.1) is 0 Å². The Labute approximate surface area is 121 Å². The number of hydrogen-bond donors (Lipinski definition) is 1. The molecule has 1 atom stereocenters. The number of benzene rings is 1. The van der Waals surface area contributed by atoms with Crippen molar-refractivity contribution in [3.63, 3.8) is 0 Å². The van der Waals surface area contributed by atoms with E-state index in [0.29, 0.717) is 17.3 Å². The van der Waals surface area contributed by atoms with Crippen molar-refractivity contribution in [1.29, 1.82) is 0 Å². The zero-order valence-corrected chi connectivity index (χ0v) is 12.1. The van der Waals surface area contributed by atoms with E-state index in [4.69, 9.17) is 15.2 Å². The van der Waals surface area contributed by atoms with Gasteiger partial charge in [-0.2, -0.15) is 0 Å². The summed E-state index contributed by atoms with van der Waals surface area (Å²) in [7, 11) is 3.13. The lowest BCUT2D eigenvalue weighted by molar-refractivity contribution is -0.132. The Morgan fingerprint density at radius 3 is 2.80 bits per heavy atom. The predicted octanol–water partition coefficient (Wildman–Crippen LogP) is 0.763. The van der Waals surface area contributed by atoms with E-state index in [1.807, 2.05) is 6.07 Å². The lowest BCUT2D eigenvalue weighted by atomic mass is 10.1. The Balaban J connectivity index is 2.37. The molecule has 1 aromatic carbocycles. The van der Waals surface area contributed by atoms with Crippen LogP contribution in [0.15, 0.2) is 18.2 Å². The van der Waals surface area contributed by atoms with Crippen LogP contribution >= 0.6 is 11.8 Å². The molecule has 2 amide bonds. The molecule has 20 heavy (non-hydrogen) atoms. The number of thioether (sulfide) groups is 1. The molecule has 7 heteroatoms. The van der Waals surface area contributed by atoms with E-state index in [-0.39, 0.29) is 17.8 Å². The first-order valence-corrected chi connectivity index (χ1v) is 7.03. The fourth-order valence-electron chi connectivity index (χ4n) is 2.08. The number of primary amides is 1. The van der Waals surface area contributed by atoms with E-state index in [1.165, 1.54) is 16.7 Å². The molecular weight excluding hydrogens is 280 g/mol. The maximum atomic E-state index is 11.9. The number of nitrogens with zero attached hydrogens (tertiary/aromatic N) is 1. The molecule has 0 unspecified atom stereocenters. The standard InChI is InChI=1S/C13H16N2O4S/c1-18-8-3-4-10(19-2)9(5-8)13-15(6-11(14)16)12(17)7-20-13/h3-5,13H,6-7H2,1-2H3,(H2,14,16)/t13-/m0/s1. The summed E-state index contributed by atoms with van der Waals surface area (Å²) in [6, 6.07) is 5.37. The highest BCUT2D eigenvalue weighted by Crippen LogP contribution is 2.43. The van der Waals surface area contributed by atoms with Crippen LogP contribution in [0.1, 0.15) is 10.9 Å². The number of carbonyl (C=O) groups is 2. The Morgan fingerprint density at radius 2 is 2.20 bits per heavy atom. The average molecular weight is 296 g/mol. The minimum Gasteiger partial charge on any atom is -0.497 e. The van der Waals surface area contributed by atoms with Gasteiger partial charge in [-0.25, -0.2) is 0 Å². The number of ether oxygens (including phenoxy) is 2.